The van der Waals surface area contributed by atoms with Crippen LogP contribution in [-0.4, -0.2) is 16.8 Å². The minimum Gasteiger partial charge on any atom is -0.454 e. The van der Waals surface area contributed by atoms with E-state index in [0.29, 0.717) is 34.0 Å². The predicted molar refractivity (Wildman–Crippen MR) is 102 cm³/mol. The quantitative estimate of drug-likeness (QED) is 0.649. The van der Waals surface area contributed by atoms with E-state index in [4.69, 9.17) is 32.7 Å². The molecule has 2 aromatic carbocycles. The van der Waals surface area contributed by atoms with Gasteiger partial charge in [-0.2, -0.15) is 4.98 Å². The molecule has 0 radical (unpaired) electrons. The summed E-state index contributed by atoms with van der Waals surface area (Å²) in [5, 5.41) is 7.34. The van der Waals surface area contributed by atoms with E-state index in [2.05, 4.69) is 20.6 Å². The van der Waals surface area contributed by atoms with Gasteiger partial charge in [-0.1, -0.05) is 35.3 Å². The van der Waals surface area contributed by atoms with Crippen molar-refractivity contribution in [1.82, 2.24) is 9.97 Å². The highest BCUT2D eigenvalue weighted by Crippen LogP contribution is 2.33. The van der Waals surface area contributed by atoms with Crippen LogP contribution in [0.3, 0.4) is 0 Å². The molecule has 0 amide bonds. The van der Waals surface area contributed by atoms with E-state index in [1.165, 1.54) is 0 Å². The summed E-state index contributed by atoms with van der Waals surface area (Å²) in [6.45, 7) is 0.806. The van der Waals surface area contributed by atoms with Crippen LogP contribution in [0.2, 0.25) is 10.0 Å². The Kier molecular flexibility index (Phi) is 4.69. The Bertz CT molecular complexity index is 932. The first-order chi connectivity index (χ1) is 12.7. The number of nitrogens with one attached hydrogen (secondary N) is 2. The second kappa shape index (κ2) is 7.27. The first-order valence-electron chi connectivity index (χ1n) is 7.85. The second-order valence-corrected chi connectivity index (χ2v) is 6.34. The van der Waals surface area contributed by atoms with Gasteiger partial charge >= 0.3 is 0 Å². The van der Waals surface area contributed by atoms with Gasteiger partial charge in [-0.3, -0.25) is 0 Å². The molecule has 132 valence electrons. The van der Waals surface area contributed by atoms with E-state index in [9.17, 15) is 0 Å². The van der Waals surface area contributed by atoms with Crippen LogP contribution >= 0.6 is 23.2 Å². The predicted octanol–water partition coefficient (Wildman–Crippen LogP) is 4.87. The first-order valence-corrected chi connectivity index (χ1v) is 8.61. The molecule has 3 aromatic rings. The molecule has 6 nitrogen and oxygen atoms in total. The molecule has 26 heavy (non-hydrogen) atoms. The lowest BCUT2D eigenvalue weighted by Gasteiger charge is -2.11. The zero-order chi connectivity index (χ0) is 17.9. The lowest BCUT2D eigenvalue weighted by Crippen LogP contribution is -2.05. The molecule has 4 rings (SSSR count). The third kappa shape index (κ3) is 3.61. The summed E-state index contributed by atoms with van der Waals surface area (Å²) in [6, 6.07) is 12.8. The number of benzene rings is 2. The fraction of sp³-hybridized carbons (Fsp3) is 0.111. The van der Waals surface area contributed by atoms with Crippen molar-refractivity contribution in [3.05, 3.63) is 64.3 Å². The van der Waals surface area contributed by atoms with Gasteiger partial charge in [0.05, 0.1) is 15.7 Å². The third-order valence-electron chi connectivity index (χ3n) is 3.76. The molecule has 1 aliphatic heterocycles. The van der Waals surface area contributed by atoms with Crippen LogP contribution in [-0.2, 0) is 6.54 Å². The van der Waals surface area contributed by atoms with Crippen LogP contribution in [0.25, 0.3) is 0 Å². The number of fused-ring (bicyclic) bond motifs is 1. The molecule has 2 heterocycles. The fourth-order valence-electron chi connectivity index (χ4n) is 2.49. The smallest absolute Gasteiger partial charge is 0.231 e. The normalized spacial score (nSPS) is 12.1. The standard InChI is InChI=1S/C18H14Cl2N4O2/c19-12-2-1-3-13(20)17(12)23-16-6-7-21-18(24-16)22-9-11-4-5-14-15(8-11)26-10-25-14/h1-8H,9-10H2,(H2,21,22,23,24). The average Bonchev–Trinajstić information content (AvgIpc) is 3.11. The van der Waals surface area contributed by atoms with Gasteiger partial charge < -0.3 is 20.1 Å². The Labute approximate surface area is 160 Å². The summed E-state index contributed by atoms with van der Waals surface area (Å²) in [7, 11) is 0. The minimum absolute atomic E-state index is 0.258. The number of para-hydroxylation sites is 1. The molecular formula is C18H14Cl2N4O2. The molecule has 0 fully saturated rings. The van der Waals surface area contributed by atoms with E-state index in [1.807, 2.05) is 18.2 Å². The Morgan fingerprint density at radius 3 is 2.65 bits per heavy atom. The van der Waals surface area contributed by atoms with Crippen LogP contribution in [0, 0.1) is 0 Å². The second-order valence-electron chi connectivity index (χ2n) is 5.53. The first kappa shape index (κ1) is 16.8. The Hall–Kier alpha value is -2.70. The van der Waals surface area contributed by atoms with Crippen LogP contribution in [0.5, 0.6) is 11.5 Å². The Balaban J connectivity index is 1.46. The number of nitrogens with zero attached hydrogens (tertiary/aromatic N) is 2. The topological polar surface area (TPSA) is 68.3 Å². The average molecular weight is 389 g/mol. The highest BCUT2D eigenvalue weighted by Gasteiger charge is 2.13. The third-order valence-corrected chi connectivity index (χ3v) is 4.39. The molecule has 0 unspecified atom stereocenters. The number of aromatic nitrogens is 2. The maximum Gasteiger partial charge on any atom is 0.231 e. The maximum atomic E-state index is 6.18. The monoisotopic (exact) mass is 388 g/mol. The van der Waals surface area contributed by atoms with Gasteiger partial charge in [0, 0.05) is 12.7 Å². The van der Waals surface area contributed by atoms with Gasteiger partial charge in [0.1, 0.15) is 5.82 Å². The van der Waals surface area contributed by atoms with Crippen LogP contribution in [0.4, 0.5) is 17.5 Å². The van der Waals surface area contributed by atoms with Crippen molar-refractivity contribution >= 4 is 40.7 Å². The number of ether oxygens (including phenoxy) is 2. The van der Waals surface area contributed by atoms with Crippen molar-refractivity contribution in [1.29, 1.82) is 0 Å². The van der Waals surface area contributed by atoms with Crippen molar-refractivity contribution in [3.63, 3.8) is 0 Å². The van der Waals surface area contributed by atoms with Gasteiger partial charge in [0.2, 0.25) is 12.7 Å². The lowest BCUT2D eigenvalue weighted by atomic mass is 10.2. The molecule has 1 aromatic heterocycles. The molecule has 0 bridgehead atoms. The molecular weight excluding hydrogens is 375 g/mol. The molecule has 1 aliphatic rings. The highest BCUT2D eigenvalue weighted by atomic mass is 35.5. The van der Waals surface area contributed by atoms with E-state index < -0.39 is 0 Å². The zero-order valence-corrected chi connectivity index (χ0v) is 15.0. The molecule has 0 spiro atoms. The number of rotatable bonds is 5. The van der Waals surface area contributed by atoms with Crippen LogP contribution in [0.1, 0.15) is 5.56 Å². The summed E-state index contributed by atoms with van der Waals surface area (Å²) >= 11 is 12.4. The van der Waals surface area contributed by atoms with Gasteiger partial charge in [-0.05, 0) is 35.9 Å². The van der Waals surface area contributed by atoms with E-state index in [-0.39, 0.29) is 6.79 Å². The van der Waals surface area contributed by atoms with Crippen LogP contribution < -0.4 is 20.1 Å². The van der Waals surface area contributed by atoms with E-state index in [0.717, 1.165) is 17.1 Å². The molecule has 0 saturated heterocycles. The summed E-state index contributed by atoms with van der Waals surface area (Å²) in [4.78, 5) is 8.66. The summed E-state index contributed by atoms with van der Waals surface area (Å²) < 4.78 is 10.7. The molecule has 0 saturated carbocycles. The van der Waals surface area contributed by atoms with Crippen molar-refractivity contribution in [2.75, 3.05) is 17.4 Å². The fourth-order valence-corrected chi connectivity index (χ4v) is 2.98. The van der Waals surface area contributed by atoms with E-state index >= 15 is 0 Å². The molecule has 0 atom stereocenters. The van der Waals surface area contributed by atoms with Crippen molar-refractivity contribution in [3.8, 4) is 11.5 Å². The van der Waals surface area contributed by atoms with Crippen molar-refractivity contribution < 1.29 is 9.47 Å². The number of anilines is 3. The molecule has 2 N–H and O–H groups in total. The largest absolute Gasteiger partial charge is 0.454 e. The van der Waals surface area contributed by atoms with Gasteiger partial charge in [0.15, 0.2) is 11.5 Å². The van der Waals surface area contributed by atoms with E-state index in [1.54, 1.807) is 30.5 Å². The summed E-state index contributed by atoms with van der Waals surface area (Å²) in [5.74, 6) is 2.57. The number of hydrogen-bond acceptors (Lipinski definition) is 6. The molecule has 8 heteroatoms. The van der Waals surface area contributed by atoms with Gasteiger partial charge in [0.25, 0.3) is 0 Å². The SMILES string of the molecule is Clc1cccc(Cl)c1Nc1ccnc(NCc2ccc3c(c2)OCO3)n1. The number of hydrogen-bond donors (Lipinski definition) is 2. The van der Waals surface area contributed by atoms with Crippen molar-refractivity contribution in [2.24, 2.45) is 0 Å². The zero-order valence-electron chi connectivity index (χ0n) is 13.5. The lowest BCUT2D eigenvalue weighted by molar-refractivity contribution is 0.174. The Morgan fingerprint density at radius 1 is 1.00 bits per heavy atom. The highest BCUT2D eigenvalue weighted by molar-refractivity contribution is 6.39. The van der Waals surface area contributed by atoms with Gasteiger partial charge in [-0.15, -0.1) is 0 Å². The summed E-state index contributed by atoms with van der Waals surface area (Å²) in [5.41, 5.74) is 1.64. The molecule has 0 aliphatic carbocycles. The van der Waals surface area contributed by atoms with Gasteiger partial charge in [-0.25, -0.2) is 4.98 Å². The minimum atomic E-state index is 0.258. The summed E-state index contributed by atoms with van der Waals surface area (Å²) in [6.07, 6.45) is 1.65. The van der Waals surface area contributed by atoms with Crippen molar-refractivity contribution in [2.45, 2.75) is 6.54 Å². The number of halogens is 2. The maximum absolute atomic E-state index is 6.18. The van der Waals surface area contributed by atoms with Crippen LogP contribution in [0.15, 0.2) is 48.7 Å². The Morgan fingerprint density at radius 2 is 1.81 bits per heavy atom.